The first-order valence-electron chi connectivity index (χ1n) is 5.81. The molecule has 0 aliphatic rings. The van der Waals surface area contributed by atoms with Gasteiger partial charge in [-0.3, -0.25) is 0 Å². The minimum atomic E-state index is -4.24. The summed E-state index contributed by atoms with van der Waals surface area (Å²) < 4.78 is 37.1. The van der Waals surface area contributed by atoms with Gasteiger partial charge in [0.25, 0.3) is 0 Å². The average Bonchev–Trinajstić information content (AvgIpc) is 2.27. The van der Waals surface area contributed by atoms with E-state index in [-0.39, 0.29) is 6.04 Å². The van der Waals surface area contributed by atoms with E-state index in [4.69, 9.17) is 5.73 Å². The number of pyridine rings is 1. The van der Waals surface area contributed by atoms with Gasteiger partial charge < -0.3 is 10.6 Å². The summed E-state index contributed by atoms with van der Waals surface area (Å²) in [7, 11) is 1.39. The molecule has 0 radical (unpaired) electrons. The number of nitrogens with zero attached hydrogens (tertiary/aromatic N) is 2. The number of halogens is 3. The molecule has 0 aliphatic carbocycles. The van der Waals surface area contributed by atoms with Crippen LogP contribution in [0.2, 0.25) is 0 Å². The lowest BCUT2D eigenvalue weighted by molar-refractivity contribution is -0.119. The van der Waals surface area contributed by atoms with Crippen LogP contribution in [-0.2, 0) is 6.42 Å². The molecule has 0 amide bonds. The molecule has 0 saturated carbocycles. The van der Waals surface area contributed by atoms with Crippen LogP contribution in [0.1, 0.15) is 18.9 Å². The van der Waals surface area contributed by atoms with Gasteiger partial charge in [0, 0.05) is 19.3 Å². The van der Waals surface area contributed by atoms with Gasteiger partial charge in [0.2, 0.25) is 0 Å². The van der Waals surface area contributed by atoms with Gasteiger partial charge in [-0.1, -0.05) is 13.0 Å². The second-order valence-electron chi connectivity index (χ2n) is 4.33. The lowest BCUT2D eigenvalue weighted by Gasteiger charge is -2.23. The number of rotatable bonds is 5. The van der Waals surface area contributed by atoms with Crippen LogP contribution in [0.25, 0.3) is 0 Å². The Morgan fingerprint density at radius 2 is 2.11 bits per heavy atom. The van der Waals surface area contributed by atoms with Crippen LogP contribution < -0.4 is 10.6 Å². The molecule has 0 saturated heterocycles. The van der Waals surface area contributed by atoms with Crippen molar-refractivity contribution in [3.8, 4) is 0 Å². The van der Waals surface area contributed by atoms with E-state index in [0.29, 0.717) is 12.2 Å². The third kappa shape index (κ3) is 4.52. The van der Waals surface area contributed by atoms with E-state index in [1.807, 2.05) is 6.92 Å². The molecule has 0 spiro atoms. The summed E-state index contributed by atoms with van der Waals surface area (Å²) in [6, 6.07) is 3.42. The zero-order chi connectivity index (χ0) is 13.8. The first kappa shape index (κ1) is 14.8. The van der Waals surface area contributed by atoms with Crippen LogP contribution in [0.3, 0.4) is 0 Å². The van der Waals surface area contributed by atoms with Crippen molar-refractivity contribution in [3.05, 3.63) is 23.9 Å². The molecule has 0 bridgehead atoms. The Labute approximate surface area is 105 Å². The smallest absolute Gasteiger partial charge is 0.350 e. The van der Waals surface area contributed by atoms with Crippen LogP contribution in [0.5, 0.6) is 0 Å². The maximum Gasteiger partial charge on any atom is 0.405 e. The molecule has 2 N–H and O–H groups in total. The molecule has 102 valence electrons. The predicted molar refractivity (Wildman–Crippen MR) is 65.5 cm³/mol. The molecule has 18 heavy (non-hydrogen) atoms. The van der Waals surface area contributed by atoms with Gasteiger partial charge in [0.05, 0.1) is 0 Å². The standard InChI is InChI=1S/C12H18F3N3/c1-3-10(16)7-9-5-4-6-17-11(9)18(2)8-12(13,14)15/h4-6,10H,3,7-8,16H2,1-2H3. The SMILES string of the molecule is CCC(N)Cc1cccnc1N(C)CC(F)(F)F. The Morgan fingerprint density at radius 3 is 2.67 bits per heavy atom. The minimum Gasteiger partial charge on any atom is -0.350 e. The van der Waals surface area contributed by atoms with Crippen LogP contribution in [-0.4, -0.2) is 30.8 Å². The minimum absolute atomic E-state index is 0.0627. The zero-order valence-electron chi connectivity index (χ0n) is 10.5. The van der Waals surface area contributed by atoms with Crippen molar-refractivity contribution in [2.45, 2.75) is 32.0 Å². The second kappa shape index (κ2) is 6.04. The van der Waals surface area contributed by atoms with E-state index in [2.05, 4.69) is 4.98 Å². The largest absolute Gasteiger partial charge is 0.405 e. The fraction of sp³-hybridized carbons (Fsp3) is 0.583. The summed E-state index contributed by atoms with van der Waals surface area (Å²) in [6.07, 6.45) is -1.45. The molecule has 1 aromatic rings. The quantitative estimate of drug-likeness (QED) is 0.884. The summed E-state index contributed by atoms with van der Waals surface area (Å²) in [5, 5.41) is 0. The molecule has 1 unspecified atom stereocenters. The Hall–Kier alpha value is -1.30. The molecular weight excluding hydrogens is 243 g/mol. The fourth-order valence-electron chi connectivity index (χ4n) is 1.70. The normalized spacial score (nSPS) is 13.4. The fourth-order valence-corrected chi connectivity index (χ4v) is 1.70. The molecule has 1 atom stereocenters. The van der Waals surface area contributed by atoms with E-state index in [9.17, 15) is 13.2 Å². The number of nitrogens with two attached hydrogens (primary N) is 1. The summed E-state index contributed by atoms with van der Waals surface area (Å²) in [5.41, 5.74) is 6.58. The number of aromatic nitrogens is 1. The van der Waals surface area contributed by atoms with E-state index < -0.39 is 12.7 Å². The molecule has 1 heterocycles. The Morgan fingerprint density at radius 1 is 1.44 bits per heavy atom. The van der Waals surface area contributed by atoms with E-state index >= 15 is 0 Å². The molecule has 0 aromatic carbocycles. The van der Waals surface area contributed by atoms with Crippen molar-refractivity contribution in [2.24, 2.45) is 5.73 Å². The predicted octanol–water partition coefficient (Wildman–Crippen LogP) is 2.36. The van der Waals surface area contributed by atoms with E-state index in [0.717, 1.165) is 16.9 Å². The van der Waals surface area contributed by atoms with Gasteiger partial charge >= 0.3 is 6.18 Å². The first-order chi connectivity index (χ1) is 8.33. The second-order valence-corrected chi connectivity index (χ2v) is 4.33. The summed E-state index contributed by atoms with van der Waals surface area (Å²) >= 11 is 0. The zero-order valence-corrected chi connectivity index (χ0v) is 10.5. The number of hydrogen-bond acceptors (Lipinski definition) is 3. The summed E-state index contributed by atoms with van der Waals surface area (Å²) in [5.74, 6) is 0.346. The third-order valence-electron chi connectivity index (χ3n) is 2.65. The van der Waals surface area contributed by atoms with Crippen molar-refractivity contribution < 1.29 is 13.2 Å². The highest BCUT2D eigenvalue weighted by Gasteiger charge is 2.30. The Kier molecular flexibility index (Phi) is 4.95. The van der Waals surface area contributed by atoms with E-state index in [1.54, 1.807) is 12.1 Å². The van der Waals surface area contributed by atoms with Gasteiger partial charge in [0.1, 0.15) is 12.4 Å². The number of alkyl halides is 3. The van der Waals surface area contributed by atoms with Gasteiger partial charge in [-0.05, 0) is 24.5 Å². The molecule has 0 fully saturated rings. The lowest BCUT2D eigenvalue weighted by Crippen LogP contribution is -2.33. The van der Waals surface area contributed by atoms with Crippen LogP contribution in [0.4, 0.5) is 19.0 Å². The van der Waals surface area contributed by atoms with Gasteiger partial charge in [0.15, 0.2) is 0 Å². The summed E-state index contributed by atoms with van der Waals surface area (Å²) in [6.45, 7) is 0.929. The van der Waals surface area contributed by atoms with Crippen molar-refractivity contribution in [1.29, 1.82) is 0 Å². The lowest BCUT2D eigenvalue weighted by atomic mass is 10.1. The highest BCUT2D eigenvalue weighted by Crippen LogP contribution is 2.22. The third-order valence-corrected chi connectivity index (χ3v) is 2.65. The van der Waals surface area contributed by atoms with Crippen molar-refractivity contribution in [1.82, 2.24) is 4.98 Å². The Balaban J connectivity index is 2.87. The summed E-state index contributed by atoms with van der Waals surface area (Å²) in [4.78, 5) is 5.13. The van der Waals surface area contributed by atoms with Crippen LogP contribution >= 0.6 is 0 Å². The first-order valence-corrected chi connectivity index (χ1v) is 5.81. The number of hydrogen-bond donors (Lipinski definition) is 1. The Bertz CT molecular complexity index is 379. The van der Waals surface area contributed by atoms with Crippen LogP contribution in [0, 0.1) is 0 Å². The average molecular weight is 261 g/mol. The molecule has 1 aromatic heterocycles. The van der Waals surface area contributed by atoms with Gasteiger partial charge in [-0.2, -0.15) is 13.2 Å². The monoisotopic (exact) mass is 261 g/mol. The molecule has 6 heteroatoms. The highest BCUT2D eigenvalue weighted by molar-refractivity contribution is 5.46. The van der Waals surface area contributed by atoms with Gasteiger partial charge in [-0.15, -0.1) is 0 Å². The maximum absolute atomic E-state index is 12.4. The molecular formula is C12H18F3N3. The molecule has 0 aliphatic heterocycles. The number of anilines is 1. The van der Waals surface area contributed by atoms with Crippen molar-refractivity contribution in [2.75, 3.05) is 18.5 Å². The molecule has 3 nitrogen and oxygen atoms in total. The van der Waals surface area contributed by atoms with E-state index in [1.165, 1.54) is 13.2 Å². The maximum atomic E-state index is 12.4. The van der Waals surface area contributed by atoms with Crippen molar-refractivity contribution in [3.63, 3.8) is 0 Å². The van der Waals surface area contributed by atoms with Crippen LogP contribution in [0.15, 0.2) is 18.3 Å². The van der Waals surface area contributed by atoms with Crippen molar-refractivity contribution >= 4 is 5.82 Å². The molecule has 1 rings (SSSR count). The highest BCUT2D eigenvalue weighted by atomic mass is 19.4. The topological polar surface area (TPSA) is 42.1 Å². The van der Waals surface area contributed by atoms with Gasteiger partial charge in [-0.25, -0.2) is 4.98 Å².